The highest BCUT2D eigenvalue weighted by atomic mass is 16.3. The maximum absolute atomic E-state index is 11.8. The quantitative estimate of drug-likeness (QED) is 0.573. The highest BCUT2D eigenvalue weighted by Gasteiger charge is 2.15. The minimum Gasteiger partial charge on any atom is -0.396 e. The average molecular weight is 244 g/mol. The van der Waals surface area contributed by atoms with Gasteiger partial charge in [-0.15, -0.1) is 0 Å². The number of amides is 1. The number of nitrogens with one attached hydrogen (secondary N) is 2. The number of carbonyl (C=O) groups is 1. The van der Waals surface area contributed by atoms with Crippen molar-refractivity contribution in [3.63, 3.8) is 0 Å². The largest absolute Gasteiger partial charge is 0.396 e. The first-order valence-corrected chi connectivity index (χ1v) is 6.69. The lowest BCUT2D eigenvalue weighted by Crippen LogP contribution is -2.47. The van der Waals surface area contributed by atoms with Gasteiger partial charge < -0.3 is 15.7 Å². The summed E-state index contributed by atoms with van der Waals surface area (Å²) in [5.41, 5.74) is 0. The number of hydrogen-bond donors (Lipinski definition) is 3. The first kappa shape index (κ1) is 16.4. The number of rotatable bonds is 9. The van der Waals surface area contributed by atoms with Crippen LogP contribution >= 0.6 is 0 Å². The SMILES string of the molecule is CCC(CC)NC(=O)C(C)NCC(C)CCO. The van der Waals surface area contributed by atoms with Crippen molar-refractivity contribution < 1.29 is 9.90 Å². The molecule has 0 aliphatic carbocycles. The van der Waals surface area contributed by atoms with Crippen molar-refractivity contribution in [3.05, 3.63) is 0 Å². The molecule has 0 heterocycles. The van der Waals surface area contributed by atoms with Crippen LogP contribution in [-0.2, 0) is 4.79 Å². The molecule has 2 unspecified atom stereocenters. The lowest BCUT2D eigenvalue weighted by atomic mass is 10.1. The van der Waals surface area contributed by atoms with E-state index in [1.165, 1.54) is 0 Å². The highest BCUT2D eigenvalue weighted by Crippen LogP contribution is 2.00. The van der Waals surface area contributed by atoms with E-state index < -0.39 is 0 Å². The maximum Gasteiger partial charge on any atom is 0.237 e. The molecule has 0 aromatic carbocycles. The van der Waals surface area contributed by atoms with Gasteiger partial charge in [0.2, 0.25) is 5.91 Å². The van der Waals surface area contributed by atoms with Crippen LogP contribution in [0.5, 0.6) is 0 Å². The first-order chi connectivity index (χ1) is 8.04. The van der Waals surface area contributed by atoms with E-state index in [4.69, 9.17) is 5.11 Å². The van der Waals surface area contributed by atoms with Crippen molar-refractivity contribution in [2.45, 2.75) is 59.0 Å². The fraction of sp³-hybridized carbons (Fsp3) is 0.923. The fourth-order valence-electron chi connectivity index (χ4n) is 1.61. The number of aliphatic hydroxyl groups is 1. The second kappa shape index (κ2) is 9.42. The Labute approximate surface area is 105 Å². The highest BCUT2D eigenvalue weighted by molar-refractivity contribution is 5.81. The number of hydrogen-bond acceptors (Lipinski definition) is 3. The van der Waals surface area contributed by atoms with Crippen molar-refractivity contribution in [2.24, 2.45) is 5.92 Å². The van der Waals surface area contributed by atoms with Gasteiger partial charge in [-0.2, -0.15) is 0 Å². The summed E-state index contributed by atoms with van der Waals surface area (Å²) in [4.78, 5) is 11.8. The molecule has 0 aliphatic rings. The lowest BCUT2D eigenvalue weighted by molar-refractivity contribution is -0.123. The third kappa shape index (κ3) is 7.34. The van der Waals surface area contributed by atoms with E-state index in [1.54, 1.807) is 0 Å². The normalized spacial score (nSPS) is 14.7. The Morgan fingerprint density at radius 1 is 1.24 bits per heavy atom. The van der Waals surface area contributed by atoms with Crippen molar-refractivity contribution in [2.75, 3.05) is 13.2 Å². The van der Waals surface area contributed by atoms with Crippen LogP contribution in [0.25, 0.3) is 0 Å². The van der Waals surface area contributed by atoms with E-state index in [1.807, 2.05) is 6.92 Å². The average Bonchev–Trinajstić information content (AvgIpc) is 2.32. The van der Waals surface area contributed by atoms with Crippen molar-refractivity contribution >= 4 is 5.91 Å². The Morgan fingerprint density at radius 3 is 2.29 bits per heavy atom. The molecule has 0 bridgehead atoms. The molecule has 0 rings (SSSR count). The molecule has 17 heavy (non-hydrogen) atoms. The van der Waals surface area contributed by atoms with E-state index in [0.29, 0.717) is 5.92 Å². The van der Waals surface area contributed by atoms with E-state index >= 15 is 0 Å². The summed E-state index contributed by atoms with van der Waals surface area (Å²) in [6.07, 6.45) is 2.71. The van der Waals surface area contributed by atoms with Crippen LogP contribution in [0.2, 0.25) is 0 Å². The Kier molecular flexibility index (Phi) is 9.09. The van der Waals surface area contributed by atoms with Crippen LogP contribution in [0, 0.1) is 5.92 Å². The zero-order valence-electron chi connectivity index (χ0n) is 11.6. The third-order valence-corrected chi connectivity index (χ3v) is 3.12. The molecule has 2 atom stereocenters. The summed E-state index contributed by atoms with van der Waals surface area (Å²) in [6, 6.07) is 0.110. The topological polar surface area (TPSA) is 61.4 Å². The molecular formula is C13H28N2O2. The summed E-state index contributed by atoms with van der Waals surface area (Å²) in [6.45, 7) is 9.07. The molecule has 3 N–H and O–H groups in total. The molecule has 0 fully saturated rings. The van der Waals surface area contributed by atoms with Gasteiger partial charge in [-0.25, -0.2) is 0 Å². The van der Waals surface area contributed by atoms with Gasteiger partial charge >= 0.3 is 0 Å². The minimum absolute atomic E-state index is 0.0647. The van der Waals surface area contributed by atoms with E-state index in [2.05, 4.69) is 31.4 Å². The van der Waals surface area contributed by atoms with E-state index in [0.717, 1.165) is 25.8 Å². The molecule has 0 aliphatic heterocycles. The van der Waals surface area contributed by atoms with Gasteiger partial charge in [0.25, 0.3) is 0 Å². The molecule has 0 radical (unpaired) electrons. The summed E-state index contributed by atoms with van der Waals surface area (Å²) in [5, 5.41) is 15.0. The Balaban J connectivity index is 3.88. The second-order valence-corrected chi connectivity index (χ2v) is 4.77. The zero-order chi connectivity index (χ0) is 13.3. The van der Waals surface area contributed by atoms with Crippen LogP contribution in [0.4, 0.5) is 0 Å². The number of aliphatic hydroxyl groups excluding tert-OH is 1. The standard InChI is InChI=1S/C13H28N2O2/c1-5-12(6-2)15-13(17)11(4)14-9-10(3)7-8-16/h10-12,14,16H,5-9H2,1-4H3,(H,15,17). The molecule has 0 aromatic rings. The molecule has 1 amide bonds. The van der Waals surface area contributed by atoms with Gasteiger partial charge in [0.05, 0.1) is 6.04 Å². The summed E-state index contributed by atoms with van der Waals surface area (Å²) < 4.78 is 0. The second-order valence-electron chi connectivity index (χ2n) is 4.77. The van der Waals surface area contributed by atoms with Crippen molar-refractivity contribution in [1.29, 1.82) is 0 Å². The number of carbonyl (C=O) groups excluding carboxylic acids is 1. The van der Waals surface area contributed by atoms with Crippen LogP contribution in [-0.4, -0.2) is 36.2 Å². The smallest absolute Gasteiger partial charge is 0.237 e. The van der Waals surface area contributed by atoms with Gasteiger partial charge in [-0.3, -0.25) is 4.79 Å². The summed E-state index contributed by atoms with van der Waals surface area (Å²) in [7, 11) is 0. The van der Waals surface area contributed by atoms with Crippen LogP contribution in [0.3, 0.4) is 0 Å². The van der Waals surface area contributed by atoms with Gasteiger partial charge in [-0.1, -0.05) is 20.8 Å². The molecule has 0 aromatic heterocycles. The molecular weight excluding hydrogens is 216 g/mol. The summed E-state index contributed by atoms with van der Waals surface area (Å²) in [5.74, 6) is 0.457. The minimum atomic E-state index is -0.170. The van der Waals surface area contributed by atoms with E-state index in [9.17, 15) is 4.79 Å². The summed E-state index contributed by atoms with van der Waals surface area (Å²) >= 11 is 0. The molecule has 0 spiro atoms. The maximum atomic E-state index is 11.8. The monoisotopic (exact) mass is 244 g/mol. The predicted octanol–water partition coefficient (Wildman–Crippen LogP) is 1.29. The van der Waals surface area contributed by atoms with Crippen molar-refractivity contribution in [3.8, 4) is 0 Å². The molecule has 0 saturated heterocycles. The van der Waals surface area contributed by atoms with Gasteiger partial charge in [0.15, 0.2) is 0 Å². The molecule has 0 saturated carbocycles. The molecule has 4 heteroatoms. The first-order valence-electron chi connectivity index (χ1n) is 6.69. The molecule has 4 nitrogen and oxygen atoms in total. The van der Waals surface area contributed by atoms with Crippen LogP contribution < -0.4 is 10.6 Å². The van der Waals surface area contributed by atoms with Gasteiger partial charge in [-0.05, 0) is 38.6 Å². The van der Waals surface area contributed by atoms with Crippen LogP contribution in [0.15, 0.2) is 0 Å². The zero-order valence-corrected chi connectivity index (χ0v) is 11.6. The Morgan fingerprint density at radius 2 is 1.82 bits per heavy atom. The fourth-order valence-corrected chi connectivity index (χ4v) is 1.61. The van der Waals surface area contributed by atoms with Gasteiger partial charge in [0.1, 0.15) is 0 Å². The molecule has 102 valence electrons. The Bertz CT molecular complexity index is 206. The lowest BCUT2D eigenvalue weighted by Gasteiger charge is -2.20. The predicted molar refractivity (Wildman–Crippen MR) is 70.8 cm³/mol. The van der Waals surface area contributed by atoms with Crippen molar-refractivity contribution in [1.82, 2.24) is 10.6 Å². The van der Waals surface area contributed by atoms with Crippen LogP contribution in [0.1, 0.15) is 47.0 Å². The Hall–Kier alpha value is -0.610. The van der Waals surface area contributed by atoms with Gasteiger partial charge in [0, 0.05) is 12.6 Å². The van der Waals surface area contributed by atoms with E-state index in [-0.39, 0.29) is 24.6 Å². The third-order valence-electron chi connectivity index (χ3n) is 3.12.